The number of sulfonamides is 1. The number of primary amides is 1. The number of hydrogen-bond donors (Lipinski definition) is 1. The van der Waals surface area contributed by atoms with E-state index in [0.717, 1.165) is 35.6 Å². The Hall–Kier alpha value is -2.85. The second-order valence-corrected chi connectivity index (χ2v) is 9.29. The average Bonchev–Trinajstić information content (AvgIpc) is 2.74. The van der Waals surface area contributed by atoms with Gasteiger partial charge in [0.2, 0.25) is 15.9 Å². The van der Waals surface area contributed by atoms with Gasteiger partial charge in [0.15, 0.2) is 0 Å². The summed E-state index contributed by atoms with van der Waals surface area (Å²) in [5.74, 6) is -3.24. The summed E-state index contributed by atoms with van der Waals surface area (Å²) >= 11 is 0. The number of rotatable bonds is 6. The summed E-state index contributed by atoms with van der Waals surface area (Å²) < 4.78 is 55.0. The van der Waals surface area contributed by atoms with E-state index in [-0.39, 0.29) is 24.2 Å². The van der Waals surface area contributed by atoms with Gasteiger partial charge in [0.05, 0.1) is 0 Å². The third-order valence-corrected chi connectivity index (χ3v) is 7.17. The molecule has 3 rings (SSSR count). The highest BCUT2D eigenvalue weighted by Gasteiger charge is 2.32. The maximum Gasteiger partial charge on any atom is 0.254 e. The molecule has 1 heterocycles. The Morgan fingerprint density at radius 1 is 1.06 bits per heavy atom. The third kappa shape index (κ3) is 4.75. The number of carbonyl (C=O) groups is 2. The predicted octanol–water partition coefficient (Wildman–Crippen LogP) is 2.44. The first-order valence-corrected chi connectivity index (χ1v) is 11.2. The van der Waals surface area contributed by atoms with Gasteiger partial charge in [-0.25, -0.2) is 17.2 Å². The molecule has 2 aromatic rings. The molecule has 0 radical (unpaired) electrons. The highest BCUT2D eigenvalue weighted by molar-refractivity contribution is 7.89. The molecule has 2 amide bonds. The lowest BCUT2D eigenvalue weighted by Gasteiger charge is -2.27. The van der Waals surface area contributed by atoms with Crippen molar-refractivity contribution in [3.63, 3.8) is 0 Å². The number of nitrogens with two attached hydrogens (primary N) is 1. The van der Waals surface area contributed by atoms with E-state index >= 15 is 0 Å². The Kier molecular flexibility index (Phi) is 6.71. The van der Waals surface area contributed by atoms with Crippen molar-refractivity contribution < 1.29 is 26.8 Å². The van der Waals surface area contributed by atoms with E-state index in [9.17, 15) is 26.8 Å². The molecule has 1 saturated heterocycles. The molecule has 0 bridgehead atoms. The fourth-order valence-corrected chi connectivity index (χ4v) is 5.26. The number of carbonyl (C=O) groups excluding carboxylic acids is 2. The third-order valence-electron chi connectivity index (χ3n) is 5.25. The van der Waals surface area contributed by atoms with Gasteiger partial charge in [-0.3, -0.25) is 9.59 Å². The molecule has 1 aliphatic heterocycles. The topological polar surface area (TPSA) is 101 Å². The van der Waals surface area contributed by atoms with Gasteiger partial charge in [-0.15, -0.1) is 0 Å². The van der Waals surface area contributed by atoms with Crippen LogP contribution in [0.2, 0.25) is 0 Å². The summed E-state index contributed by atoms with van der Waals surface area (Å²) in [7, 11) is -2.84. The molecular formula is C21H23F2N3O4S. The Bertz CT molecular complexity index is 1100. The maximum absolute atomic E-state index is 14.4. The first kappa shape index (κ1) is 22.8. The quantitative estimate of drug-likeness (QED) is 0.729. The average molecular weight is 451 g/mol. The zero-order valence-electron chi connectivity index (χ0n) is 16.9. The van der Waals surface area contributed by atoms with Gasteiger partial charge in [0.1, 0.15) is 22.6 Å². The number of amides is 2. The van der Waals surface area contributed by atoms with Gasteiger partial charge >= 0.3 is 0 Å². The molecule has 7 nitrogen and oxygen atoms in total. The fraction of sp³-hybridized carbons (Fsp3) is 0.333. The summed E-state index contributed by atoms with van der Waals surface area (Å²) in [5.41, 5.74) is 5.46. The van der Waals surface area contributed by atoms with Crippen LogP contribution in [-0.4, -0.2) is 49.6 Å². The van der Waals surface area contributed by atoms with Crippen molar-refractivity contribution in [3.8, 4) is 0 Å². The smallest absolute Gasteiger partial charge is 0.254 e. The van der Waals surface area contributed by atoms with Crippen LogP contribution in [0.15, 0.2) is 47.4 Å². The lowest BCUT2D eigenvalue weighted by atomic mass is 10.0. The van der Waals surface area contributed by atoms with Crippen LogP contribution in [0, 0.1) is 11.6 Å². The minimum atomic E-state index is -4.12. The van der Waals surface area contributed by atoms with Crippen molar-refractivity contribution in [2.45, 2.75) is 30.2 Å². The van der Waals surface area contributed by atoms with Gasteiger partial charge < -0.3 is 10.6 Å². The Morgan fingerprint density at radius 2 is 1.74 bits per heavy atom. The van der Waals surface area contributed by atoms with E-state index < -0.39 is 44.4 Å². The number of hydrogen-bond acceptors (Lipinski definition) is 4. The number of piperidine rings is 1. The van der Waals surface area contributed by atoms with E-state index in [4.69, 9.17) is 5.73 Å². The van der Waals surface area contributed by atoms with Gasteiger partial charge in [-0.1, -0.05) is 18.6 Å². The largest absolute Gasteiger partial charge is 0.368 e. The van der Waals surface area contributed by atoms with Crippen molar-refractivity contribution in [2.24, 2.45) is 5.73 Å². The Balaban J connectivity index is 1.96. The van der Waals surface area contributed by atoms with E-state index in [2.05, 4.69) is 0 Å². The molecular weight excluding hydrogens is 428 g/mol. The maximum atomic E-state index is 14.4. The van der Waals surface area contributed by atoms with Crippen LogP contribution in [0.5, 0.6) is 0 Å². The van der Waals surface area contributed by atoms with Crippen LogP contribution in [0.4, 0.5) is 8.78 Å². The first-order chi connectivity index (χ1) is 14.6. The highest BCUT2D eigenvalue weighted by atomic mass is 32.2. The van der Waals surface area contributed by atoms with Crippen LogP contribution in [0.1, 0.15) is 41.2 Å². The zero-order chi connectivity index (χ0) is 22.8. The molecule has 10 heteroatoms. The van der Waals surface area contributed by atoms with Crippen molar-refractivity contribution in [3.05, 3.63) is 65.2 Å². The standard InChI is InChI=1S/C21H23F2N3O4S/c1-25(19(20(24)27)14-6-5-7-16(22)12-14)21(28)15-8-9-17(23)18(13-15)31(29,30)26-10-3-2-4-11-26/h5-9,12-13,19H,2-4,10-11H2,1H3,(H2,24,27). The second-order valence-electron chi connectivity index (χ2n) is 7.39. The molecule has 2 N–H and O–H groups in total. The molecule has 2 aromatic carbocycles. The lowest BCUT2D eigenvalue weighted by molar-refractivity contribution is -0.122. The van der Waals surface area contributed by atoms with E-state index in [1.54, 1.807) is 0 Å². The van der Waals surface area contributed by atoms with Crippen molar-refractivity contribution >= 4 is 21.8 Å². The molecule has 0 saturated carbocycles. The molecule has 0 spiro atoms. The number of likely N-dealkylation sites (N-methyl/N-ethyl adjacent to an activating group) is 1. The normalized spacial score (nSPS) is 16.0. The molecule has 166 valence electrons. The van der Waals surface area contributed by atoms with E-state index in [0.29, 0.717) is 12.8 Å². The first-order valence-electron chi connectivity index (χ1n) is 9.74. The SMILES string of the molecule is CN(C(=O)c1ccc(F)c(S(=O)(=O)N2CCCCC2)c1)C(C(N)=O)c1cccc(F)c1. The zero-order valence-corrected chi connectivity index (χ0v) is 17.7. The van der Waals surface area contributed by atoms with Crippen LogP contribution in [0.25, 0.3) is 0 Å². The second kappa shape index (κ2) is 9.11. The molecule has 1 fully saturated rings. The molecule has 31 heavy (non-hydrogen) atoms. The monoisotopic (exact) mass is 451 g/mol. The van der Waals surface area contributed by atoms with Crippen LogP contribution >= 0.6 is 0 Å². The highest BCUT2D eigenvalue weighted by Crippen LogP contribution is 2.26. The predicted molar refractivity (Wildman–Crippen MR) is 109 cm³/mol. The van der Waals surface area contributed by atoms with E-state index in [1.165, 1.54) is 29.6 Å². The molecule has 1 aliphatic rings. The molecule has 0 aromatic heterocycles. The minimum absolute atomic E-state index is 0.137. The summed E-state index contributed by atoms with van der Waals surface area (Å²) in [6.07, 6.45) is 2.25. The van der Waals surface area contributed by atoms with Gasteiger partial charge in [0, 0.05) is 25.7 Å². The summed E-state index contributed by atoms with van der Waals surface area (Å²) in [4.78, 5) is 25.4. The van der Waals surface area contributed by atoms with Crippen molar-refractivity contribution in [1.82, 2.24) is 9.21 Å². The molecule has 1 atom stereocenters. The Morgan fingerprint density at radius 3 is 2.35 bits per heavy atom. The lowest BCUT2D eigenvalue weighted by Crippen LogP contribution is -2.39. The summed E-state index contributed by atoms with van der Waals surface area (Å²) in [6.45, 7) is 0.562. The van der Waals surface area contributed by atoms with Crippen molar-refractivity contribution in [2.75, 3.05) is 20.1 Å². The van der Waals surface area contributed by atoms with Gasteiger partial charge in [-0.2, -0.15) is 4.31 Å². The van der Waals surface area contributed by atoms with E-state index in [1.807, 2.05) is 0 Å². The summed E-state index contributed by atoms with van der Waals surface area (Å²) in [6, 6.07) is 6.78. The van der Waals surface area contributed by atoms with Gasteiger partial charge in [-0.05, 0) is 48.7 Å². The Labute approximate surface area is 179 Å². The summed E-state index contributed by atoms with van der Waals surface area (Å²) in [5, 5.41) is 0. The fourth-order valence-electron chi connectivity index (χ4n) is 3.65. The molecule has 1 unspecified atom stereocenters. The number of benzene rings is 2. The minimum Gasteiger partial charge on any atom is -0.368 e. The number of halogens is 2. The molecule has 0 aliphatic carbocycles. The van der Waals surface area contributed by atoms with Crippen LogP contribution in [0.3, 0.4) is 0 Å². The van der Waals surface area contributed by atoms with Crippen molar-refractivity contribution in [1.29, 1.82) is 0 Å². The number of nitrogens with zero attached hydrogens (tertiary/aromatic N) is 2. The van der Waals surface area contributed by atoms with Crippen LogP contribution < -0.4 is 5.73 Å². The van der Waals surface area contributed by atoms with Crippen LogP contribution in [-0.2, 0) is 14.8 Å². The van der Waals surface area contributed by atoms with Gasteiger partial charge in [0.25, 0.3) is 5.91 Å².